The van der Waals surface area contributed by atoms with Gasteiger partial charge in [0.25, 0.3) is 5.91 Å². The smallest absolute Gasteiger partial charge is 0.271 e. The number of amides is 1. The first-order valence-electron chi connectivity index (χ1n) is 9.94. The van der Waals surface area contributed by atoms with Crippen molar-refractivity contribution >= 4 is 43.4 Å². The summed E-state index contributed by atoms with van der Waals surface area (Å²) in [5.41, 5.74) is 4.47. The molecule has 162 valence electrons. The highest BCUT2D eigenvalue weighted by Gasteiger charge is 2.17. The Kier molecular flexibility index (Phi) is 6.24. The number of hydrogen-bond acceptors (Lipinski definition) is 5. The van der Waals surface area contributed by atoms with E-state index < -0.39 is 0 Å². The number of aromatic nitrogens is 7. The molecule has 0 aromatic carbocycles. The van der Waals surface area contributed by atoms with Gasteiger partial charge in [-0.3, -0.25) is 14.2 Å². The Labute approximate surface area is 196 Å². The van der Waals surface area contributed by atoms with E-state index in [9.17, 15) is 4.79 Å². The molecule has 0 fully saturated rings. The van der Waals surface area contributed by atoms with Crippen LogP contribution in [0.1, 0.15) is 35.2 Å². The molecule has 0 radical (unpaired) electrons. The average molecular weight is 550 g/mol. The molecular formula is C20H22Br2N8O. The van der Waals surface area contributed by atoms with Crippen molar-refractivity contribution in [3.63, 3.8) is 0 Å². The van der Waals surface area contributed by atoms with Crippen LogP contribution in [-0.4, -0.2) is 46.6 Å². The van der Waals surface area contributed by atoms with Crippen molar-refractivity contribution < 1.29 is 4.79 Å². The second-order valence-electron chi connectivity index (χ2n) is 7.13. The van der Waals surface area contributed by atoms with Crippen LogP contribution in [0.4, 0.5) is 0 Å². The van der Waals surface area contributed by atoms with Crippen LogP contribution in [0.25, 0.3) is 17.0 Å². The molecule has 0 unspecified atom stereocenters. The lowest BCUT2D eigenvalue weighted by Gasteiger charge is -2.05. The van der Waals surface area contributed by atoms with Crippen LogP contribution in [0.5, 0.6) is 0 Å². The fourth-order valence-corrected chi connectivity index (χ4v) is 4.13. The molecule has 4 heterocycles. The summed E-state index contributed by atoms with van der Waals surface area (Å²) in [6.45, 7) is 8.01. The molecule has 0 saturated carbocycles. The van der Waals surface area contributed by atoms with Crippen LogP contribution in [0.15, 0.2) is 33.5 Å². The van der Waals surface area contributed by atoms with Crippen LogP contribution < -0.4 is 5.32 Å². The van der Waals surface area contributed by atoms with Gasteiger partial charge in [-0.2, -0.15) is 15.3 Å². The minimum atomic E-state index is -0.232. The van der Waals surface area contributed by atoms with E-state index >= 15 is 0 Å². The SMILES string of the molecule is CCn1cc(Br)c(-c2ccnc3cc(C(=O)NCCCn4nc(C)c(Br)c4C)nn23)n1. The van der Waals surface area contributed by atoms with Gasteiger partial charge in [0.1, 0.15) is 5.69 Å². The summed E-state index contributed by atoms with van der Waals surface area (Å²) < 4.78 is 7.32. The van der Waals surface area contributed by atoms with Gasteiger partial charge in [-0.15, -0.1) is 0 Å². The summed E-state index contributed by atoms with van der Waals surface area (Å²) in [7, 11) is 0. The molecule has 0 spiro atoms. The molecule has 0 aliphatic heterocycles. The zero-order valence-electron chi connectivity index (χ0n) is 17.4. The van der Waals surface area contributed by atoms with Gasteiger partial charge in [-0.25, -0.2) is 9.50 Å². The second kappa shape index (κ2) is 8.91. The predicted octanol–water partition coefficient (Wildman–Crippen LogP) is 3.77. The highest BCUT2D eigenvalue weighted by molar-refractivity contribution is 9.11. The number of nitrogens with one attached hydrogen (secondary N) is 1. The van der Waals surface area contributed by atoms with Crippen molar-refractivity contribution in [3.8, 4) is 11.4 Å². The topological polar surface area (TPSA) is 94.9 Å². The van der Waals surface area contributed by atoms with Crippen LogP contribution >= 0.6 is 31.9 Å². The average Bonchev–Trinajstić information content (AvgIpc) is 3.43. The molecule has 0 aliphatic rings. The standard InChI is InChI=1S/C20H22Br2N8O/c1-4-28-11-14(21)19(27-28)16-6-8-23-17-10-15(26-30(16)17)20(31)24-7-5-9-29-13(3)18(22)12(2)25-29/h6,8,10-11H,4-5,7,9H2,1-3H3,(H,24,31). The molecule has 0 atom stereocenters. The van der Waals surface area contributed by atoms with Crippen molar-refractivity contribution in [1.82, 2.24) is 39.5 Å². The van der Waals surface area contributed by atoms with Crippen molar-refractivity contribution in [2.24, 2.45) is 0 Å². The number of fused-ring (bicyclic) bond motifs is 1. The molecule has 0 bridgehead atoms. The number of hydrogen-bond donors (Lipinski definition) is 1. The summed E-state index contributed by atoms with van der Waals surface area (Å²) >= 11 is 7.09. The van der Waals surface area contributed by atoms with Crippen LogP contribution in [-0.2, 0) is 13.1 Å². The van der Waals surface area contributed by atoms with Crippen molar-refractivity contribution in [2.45, 2.75) is 40.3 Å². The molecule has 0 aliphatic carbocycles. The fraction of sp³-hybridized carbons (Fsp3) is 0.350. The molecule has 4 rings (SSSR count). The van der Waals surface area contributed by atoms with Crippen LogP contribution in [0, 0.1) is 13.8 Å². The highest BCUT2D eigenvalue weighted by Crippen LogP contribution is 2.27. The summed E-state index contributed by atoms with van der Waals surface area (Å²) in [5, 5.41) is 16.5. The van der Waals surface area contributed by atoms with E-state index in [4.69, 9.17) is 0 Å². The Morgan fingerprint density at radius 2 is 2.00 bits per heavy atom. The lowest BCUT2D eigenvalue weighted by atomic mass is 10.3. The number of nitrogens with zero attached hydrogens (tertiary/aromatic N) is 7. The molecular weight excluding hydrogens is 528 g/mol. The largest absolute Gasteiger partial charge is 0.351 e. The normalized spacial score (nSPS) is 11.4. The summed E-state index contributed by atoms with van der Waals surface area (Å²) in [4.78, 5) is 17.0. The fourth-order valence-electron chi connectivity index (χ4n) is 3.33. The molecule has 4 aromatic heterocycles. The van der Waals surface area contributed by atoms with Crippen LogP contribution in [0.3, 0.4) is 0 Å². The van der Waals surface area contributed by atoms with Gasteiger partial charge in [0.05, 0.1) is 20.3 Å². The van der Waals surface area contributed by atoms with E-state index in [0.29, 0.717) is 17.9 Å². The summed E-state index contributed by atoms with van der Waals surface area (Å²) in [5.74, 6) is -0.232. The summed E-state index contributed by atoms with van der Waals surface area (Å²) in [6.07, 6.45) is 4.37. The highest BCUT2D eigenvalue weighted by atomic mass is 79.9. The first kappa shape index (κ1) is 21.7. The zero-order chi connectivity index (χ0) is 22.1. The van der Waals surface area contributed by atoms with Gasteiger partial charge in [0.2, 0.25) is 0 Å². The third kappa shape index (κ3) is 4.29. The molecule has 9 nitrogen and oxygen atoms in total. The Bertz CT molecular complexity index is 1260. The summed E-state index contributed by atoms with van der Waals surface area (Å²) in [6, 6.07) is 3.52. The maximum atomic E-state index is 12.6. The molecule has 1 N–H and O–H groups in total. The lowest BCUT2D eigenvalue weighted by Crippen LogP contribution is -2.26. The zero-order valence-corrected chi connectivity index (χ0v) is 20.6. The molecule has 0 saturated heterocycles. The first-order valence-corrected chi connectivity index (χ1v) is 11.5. The third-order valence-electron chi connectivity index (χ3n) is 5.00. The molecule has 1 amide bonds. The minimum absolute atomic E-state index is 0.232. The number of rotatable bonds is 7. The Morgan fingerprint density at radius 1 is 1.19 bits per heavy atom. The van der Waals surface area contributed by atoms with E-state index in [-0.39, 0.29) is 5.91 Å². The number of halogens is 2. The van der Waals surface area contributed by atoms with Crippen molar-refractivity contribution in [3.05, 3.63) is 50.6 Å². The Balaban J connectivity index is 1.46. The van der Waals surface area contributed by atoms with Gasteiger partial charge >= 0.3 is 0 Å². The van der Waals surface area contributed by atoms with Crippen molar-refractivity contribution in [1.29, 1.82) is 0 Å². The van der Waals surface area contributed by atoms with E-state index in [1.165, 1.54) is 0 Å². The van der Waals surface area contributed by atoms with Crippen molar-refractivity contribution in [2.75, 3.05) is 6.54 Å². The Morgan fingerprint density at radius 3 is 2.68 bits per heavy atom. The molecule has 11 heteroatoms. The lowest BCUT2D eigenvalue weighted by molar-refractivity contribution is 0.0947. The maximum absolute atomic E-state index is 12.6. The first-order chi connectivity index (χ1) is 14.9. The van der Waals surface area contributed by atoms with Crippen LogP contribution in [0.2, 0.25) is 0 Å². The number of aryl methyl sites for hydroxylation is 3. The predicted molar refractivity (Wildman–Crippen MR) is 124 cm³/mol. The minimum Gasteiger partial charge on any atom is -0.351 e. The molecule has 4 aromatic rings. The third-order valence-corrected chi connectivity index (χ3v) is 6.73. The maximum Gasteiger partial charge on any atom is 0.271 e. The van der Waals surface area contributed by atoms with Gasteiger partial charge in [-0.1, -0.05) is 0 Å². The number of carbonyl (C=O) groups is 1. The second-order valence-corrected chi connectivity index (χ2v) is 8.78. The van der Waals surface area contributed by atoms with E-state index in [2.05, 4.69) is 57.5 Å². The quantitative estimate of drug-likeness (QED) is 0.354. The van der Waals surface area contributed by atoms with Gasteiger partial charge < -0.3 is 5.32 Å². The van der Waals surface area contributed by atoms with Gasteiger partial charge in [0, 0.05) is 43.8 Å². The van der Waals surface area contributed by atoms with E-state index in [1.807, 2.05) is 42.4 Å². The van der Waals surface area contributed by atoms with E-state index in [1.54, 1.807) is 16.8 Å². The number of carbonyl (C=O) groups excluding carboxylic acids is 1. The van der Waals surface area contributed by atoms with Gasteiger partial charge in [-0.05, 0) is 65.1 Å². The Hall–Kier alpha value is -2.53. The monoisotopic (exact) mass is 548 g/mol. The molecule has 31 heavy (non-hydrogen) atoms. The van der Waals surface area contributed by atoms with E-state index in [0.717, 1.165) is 51.2 Å². The van der Waals surface area contributed by atoms with Gasteiger partial charge in [0.15, 0.2) is 11.3 Å².